The summed E-state index contributed by atoms with van der Waals surface area (Å²) in [6, 6.07) is 38.0. The van der Waals surface area contributed by atoms with Crippen LogP contribution in [0.2, 0.25) is 0 Å². The highest BCUT2D eigenvalue weighted by Gasteiger charge is 2.10. The molecule has 4 rings (SSSR count). The number of hydrogen-bond acceptors (Lipinski definition) is 1. The van der Waals surface area contributed by atoms with Gasteiger partial charge in [-0.2, -0.15) is 0 Å². The van der Waals surface area contributed by atoms with Gasteiger partial charge in [-0.15, -0.1) is 12.6 Å². The molecule has 1 radical (unpaired) electrons. The van der Waals surface area contributed by atoms with Crippen molar-refractivity contribution in [2.75, 3.05) is 0 Å². The fourth-order valence-electron chi connectivity index (χ4n) is 5.72. The highest BCUT2D eigenvalue weighted by molar-refractivity contribution is 6.51. The highest BCUT2D eigenvalue weighted by Crippen LogP contribution is 2.28. The van der Waals surface area contributed by atoms with Crippen LogP contribution >= 0.6 is 0 Å². The number of nitrogens with zero attached hydrogens (tertiary/aromatic N) is 1. The molecule has 0 heterocycles. The van der Waals surface area contributed by atoms with Gasteiger partial charge in [-0.25, -0.2) is 0 Å². The lowest BCUT2D eigenvalue weighted by atomic mass is 9.65. The Labute approximate surface area is 295 Å². The van der Waals surface area contributed by atoms with Gasteiger partial charge in [-0.05, 0) is 84.2 Å². The average molecular weight is 637 g/mol. The van der Waals surface area contributed by atoms with E-state index < -0.39 is 0 Å². The molecular formula is C47H47BN. The fraction of sp³-hybridized carbons (Fsp3) is 0.128. The Morgan fingerprint density at radius 1 is 0.694 bits per heavy atom. The molecule has 0 aliphatic rings. The van der Waals surface area contributed by atoms with E-state index in [1.54, 1.807) is 0 Å². The molecular weight excluding hydrogens is 589 g/mol. The molecule has 1 nitrogen and oxygen atoms in total. The van der Waals surface area contributed by atoms with Crippen LogP contribution in [0.1, 0.15) is 62.8 Å². The standard InChI is InChI=1S/C47H47BN/c1-8-11-28-46(36(5)33-47(48-10-3)35(4)20-18-25-39(9-2)41-21-14-12-15-22-41)43-31-29-40(30-32-43)37(6)49-38(7)44-26-19-27-45(34-44)42-23-16-13-17-24-42/h8,10-32,34H,1,3,6,9,33H2,2,4-5,7H3/b20-18+,28-11-,39-25+,46-36+,47-35-,49-38?. The third-order valence-corrected chi connectivity index (χ3v) is 8.53. The smallest absolute Gasteiger partial charge is 0.175 e. The number of rotatable bonds is 15. The summed E-state index contributed by atoms with van der Waals surface area (Å²) in [6.45, 7) is 20.8. The van der Waals surface area contributed by atoms with Crippen molar-refractivity contribution in [1.29, 1.82) is 0 Å². The number of aliphatic imine (C=N–C) groups is 1. The Hall–Kier alpha value is -5.47. The molecule has 4 aromatic rings. The van der Waals surface area contributed by atoms with Gasteiger partial charge in [0.1, 0.15) is 0 Å². The summed E-state index contributed by atoms with van der Waals surface area (Å²) in [4.78, 5) is 4.90. The first kappa shape index (κ1) is 36.4. The Morgan fingerprint density at radius 2 is 1.33 bits per heavy atom. The molecule has 0 fully saturated rings. The van der Waals surface area contributed by atoms with Crippen LogP contribution < -0.4 is 0 Å². The van der Waals surface area contributed by atoms with Gasteiger partial charge in [-0.3, -0.25) is 4.99 Å². The van der Waals surface area contributed by atoms with Crippen molar-refractivity contribution in [3.63, 3.8) is 0 Å². The minimum atomic E-state index is 0.735. The molecule has 0 saturated carbocycles. The van der Waals surface area contributed by atoms with Crippen LogP contribution in [0.25, 0.3) is 28.0 Å². The molecule has 0 atom stereocenters. The Balaban J connectivity index is 1.57. The molecule has 0 unspecified atom stereocenters. The second kappa shape index (κ2) is 18.8. The maximum absolute atomic E-state index is 4.90. The summed E-state index contributed by atoms with van der Waals surface area (Å²) in [5, 5.41) is 0. The maximum atomic E-state index is 4.90. The molecule has 49 heavy (non-hydrogen) atoms. The topological polar surface area (TPSA) is 12.4 Å². The number of benzene rings is 4. The van der Waals surface area contributed by atoms with E-state index in [0.29, 0.717) is 0 Å². The van der Waals surface area contributed by atoms with Crippen molar-refractivity contribution in [3.05, 3.63) is 210 Å². The maximum Gasteiger partial charge on any atom is 0.175 e. The van der Waals surface area contributed by atoms with Gasteiger partial charge in [-0.1, -0.05) is 176 Å². The largest absolute Gasteiger partial charge is 0.253 e. The second-order valence-corrected chi connectivity index (χ2v) is 12.0. The van der Waals surface area contributed by atoms with Crippen LogP contribution in [0.15, 0.2) is 193 Å². The van der Waals surface area contributed by atoms with Crippen LogP contribution in [0.3, 0.4) is 0 Å². The van der Waals surface area contributed by atoms with Gasteiger partial charge < -0.3 is 0 Å². The first-order chi connectivity index (χ1) is 23.8. The summed E-state index contributed by atoms with van der Waals surface area (Å²) in [5.41, 5.74) is 14.7. The average Bonchev–Trinajstić information content (AvgIpc) is 3.14. The monoisotopic (exact) mass is 636 g/mol. The molecule has 0 N–H and O–H groups in total. The molecule has 0 aromatic heterocycles. The summed E-state index contributed by atoms with van der Waals surface area (Å²) in [7, 11) is 2.11. The van der Waals surface area contributed by atoms with Crippen molar-refractivity contribution in [2.45, 2.75) is 40.5 Å². The van der Waals surface area contributed by atoms with Crippen LogP contribution in [0.5, 0.6) is 0 Å². The van der Waals surface area contributed by atoms with Gasteiger partial charge in [0, 0.05) is 5.71 Å². The van der Waals surface area contributed by atoms with E-state index in [9.17, 15) is 0 Å². The van der Waals surface area contributed by atoms with Crippen molar-refractivity contribution < 1.29 is 0 Å². The molecule has 4 aromatic carbocycles. The minimum Gasteiger partial charge on any atom is -0.253 e. The van der Waals surface area contributed by atoms with Crippen molar-refractivity contribution >= 4 is 29.8 Å². The first-order valence-electron chi connectivity index (χ1n) is 16.9. The first-order valence-corrected chi connectivity index (χ1v) is 16.9. The zero-order valence-corrected chi connectivity index (χ0v) is 29.5. The lowest BCUT2D eigenvalue weighted by Gasteiger charge is -2.14. The van der Waals surface area contributed by atoms with E-state index in [1.165, 1.54) is 44.5 Å². The third-order valence-electron chi connectivity index (χ3n) is 8.53. The molecule has 243 valence electrons. The SMILES string of the molecule is C=C[B]\C(C/C(C)=C(\C=C/C=C)c1ccc(C(=C)N=C(C)c2cccc(-c3ccccc3)c2)cc1)=C(C)/C=C/C=C(\CC)c1ccccc1. The summed E-state index contributed by atoms with van der Waals surface area (Å²) in [6.07, 6.45) is 14.3. The lowest BCUT2D eigenvalue weighted by molar-refractivity contribution is 1.16. The molecule has 0 amide bonds. The van der Waals surface area contributed by atoms with Gasteiger partial charge >= 0.3 is 0 Å². The summed E-state index contributed by atoms with van der Waals surface area (Å²) in [5.74, 6) is 1.87. The Morgan fingerprint density at radius 3 is 1.98 bits per heavy atom. The van der Waals surface area contributed by atoms with E-state index in [1.807, 2.05) is 31.1 Å². The van der Waals surface area contributed by atoms with E-state index in [4.69, 9.17) is 4.99 Å². The van der Waals surface area contributed by atoms with Crippen molar-refractivity contribution in [2.24, 2.45) is 4.99 Å². The summed E-state index contributed by atoms with van der Waals surface area (Å²) >= 11 is 0. The molecule has 0 bridgehead atoms. The predicted molar refractivity (Wildman–Crippen MR) is 219 cm³/mol. The summed E-state index contributed by atoms with van der Waals surface area (Å²) < 4.78 is 0. The van der Waals surface area contributed by atoms with Gasteiger partial charge in [0.05, 0.1) is 5.70 Å². The van der Waals surface area contributed by atoms with Gasteiger partial charge in [0.2, 0.25) is 0 Å². The molecule has 0 saturated heterocycles. The van der Waals surface area contributed by atoms with Crippen LogP contribution in [-0.2, 0) is 0 Å². The Bertz CT molecular complexity index is 1930. The van der Waals surface area contributed by atoms with Crippen molar-refractivity contribution in [1.82, 2.24) is 0 Å². The molecule has 0 aliphatic carbocycles. The zero-order valence-electron chi connectivity index (χ0n) is 29.5. The minimum absolute atomic E-state index is 0.735. The van der Waals surface area contributed by atoms with Crippen LogP contribution in [0.4, 0.5) is 0 Å². The van der Waals surface area contributed by atoms with Gasteiger partial charge in [0.25, 0.3) is 0 Å². The zero-order chi connectivity index (χ0) is 35.0. The van der Waals surface area contributed by atoms with Crippen molar-refractivity contribution in [3.8, 4) is 11.1 Å². The number of hydrogen-bond donors (Lipinski definition) is 0. The van der Waals surface area contributed by atoms with Crippen LogP contribution in [-0.4, -0.2) is 13.0 Å². The van der Waals surface area contributed by atoms with E-state index in [-0.39, 0.29) is 0 Å². The molecule has 2 heteroatoms. The lowest BCUT2D eigenvalue weighted by Crippen LogP contribution is -1.99. The molecule has 0 spiro atoms. The van der Waals surface area contributed by atoms with Crippen LogP contribution in [0, 0.1) is 0 Å². The number of allylic oxidation sites excluding steroid dienone is 11. The predicted octanol–water partition coefficient (Wildman–Crippen LogP) is 12.9. The quantitative estimate of drug-likeness (QED) is 0.0699. The fourth-order valence-corrected chi connectivity index (χ4v) is 5.72. The van der Waals surface area contributed by atoms with E-state index >= 15 is 0 Å². The molecule has 0 aliphatic heterocycles. The third kappa shape index (κ3) is 10.5. The normalized spacial score (nSPS) is 13.2. The van der Waals surface area contributed by atoms with E-state index in [0.717, 1.165) is 40.9 Å². The van der Waals surface area contributed by atoms with Gasteiger partial charge in [0.15, 0.2) is 7.28 Å². The highest BCUT2D eigenvalue weighted by atomic mass is 14.7. The van der Waals surface area contributed by atoms with E-state index in [2.05, 4.69) is 175 Å². The Kier molecular flexibility index (Phi) is 13.9. The second-order valence-electron chi connectivity index (χ2n) is 12.0.